The number of ether oxygens (including phenoxy) is 6. The number of rotatable bonds is 39. The molecule has 0 aromatic rings. The maximum Gasteiger partial charge on any atom is 0.333 e. The molecule has 14 unspecified atom stereocenters. The van der Waals surface area contributed by atoms with E-state index in [9.17, 15) is 28.8 Å². The lowest BCUT2D eigenvalue weighted by molar-refractivity contribution is -0.238. The first-order chi connectivity index (χ1) is 63.9. The Morgan fingerprint density at radius 3 is 0.711 bits per heavy atom. The highest BCUT2D eigenvalue weighted by Gasteiger charge is 2.70. The molecule has 24 aliphatic carbocycles. The first-order valence-corrected chi connectivity index (χ1v) is 57.1. The summed E-state index contributed by atoms with van der Waals surface area (Å²) in [5.41, 5.74) is 3.56. The molecule has 12 heteroatoms. The van der Waals surface area contributed by atoms with Crippen molar-refractivity contribution >= 4 is 35.8 Å². The maximum absolute atomic E-state index is 12.5. The highest BCUT2D eigenvalue weighted by atomic mass is 16.6. The molecule has 0 aliphatic heterocycles. The molecule has 24 fully saturated rings. The van der Waals surface area contributed by atoms with Crippen LogP contribution in [0.4, 0.5) is 0 Å². The molecule has 0 saturated heterocycles. The summed E-state index contributed by atoms with van der Waals surface area (Å²) < 4.78 is 37.3. The summed E-state index contributed by atoms with van der Waals surface area (Å²) in [5, 5.41) is 0. The average Bonchev–Trinajstić information content (AvgIpc) is 0.693. The van der Waals surface area contributed by atoms with Gasteiger partial charge >= 0.3 is 35.8 Å². The molecule has 0 aromatic heterocycles. The van der Waals surface area contributed by atoms with Crippen LogP contribution in [0.5, 0.6) is 0 Å². The van der Waals surface area contributed by atoms with Crippen molar-refractivity contribution in [1.29, 1.82) is 0 Å². The highest BCUT2D eigenvalue weighted by Crippen LogP contribution is 2.73. The number of esters is 6. The minimum absolute atomic E-state index is 0.152. The molecule has 0 aromatic carbocycles. The van der Waals surface area contributed by atoms with E-state index in [1.54, 1.807) is 20.8 Å². The van der Waals surface area contributed by atoms with Crippen molar-refractivity contribution < 1.29 is 57.2 Å². The van der Waals surface area contributed by atoms with Crippen LogP contribution in [0.2, 0.25) is 0 Å². The summed E-state index contributed by atoms with van der Waals surface area (Å²) in [6, 6.07) is 0. The molecule has 24 aliphatic rings. The summed E-state index contributed by atoms with van der Waals surface area (Å²) >= 11 is 0. The van der Waals surface area contributed by atoms with E-state index in [-0.39, 0.29) is 69.4 Å². The molecule has 0 amide bonds. The fourth-order valence-corrected chi connectivity index (χ4v) is 37.3. The minimum Gasteiger partial charge on any atom is -0.455 e. The molecule has 24 rings (SSSR count). The topological polar surface area (TPSA) is 158 Å². The van der Waals surface area contributed by atoms with E-state index in [1.807, 2.05) is 0 Å². The van der Waals surface area contributed by atoms with Crippen molar-refractivity contribution in [3.63, 3.8) is 0 Å². The van der Waals surface area contributed by atoms with Gasteiger partial charge in [0.1, 0.15) is 33.6 Å². The van der Waals surface area contributed by atoms with E-state index >= 15 is 0 Å². The van der Waals surface area contributed by atoms with Crippen molar-refractivity contribution in [3.8, 4) is 0 Å². The Kier molecular flexibility index (Phi) is 34.9. The zero-order chi connectivity index (χ0) is 97.9. The van der Waals surface area contributed by atoms with Gasteiger partial charge in [0.2, 0.25) is 0 Å². The van der Waals surface area contributed by atoms with E-state index in [1.165, 1.54) is 333 Å². The van der Waals surface area contributed by atoms with Crippen LogP contribution in [0.25, 0.3) is 0 Å². The molecule has 24 bridgehead atoms. The molecule has 0 heterocycles. The number of carbonyl (C=O) groups is 6. The smallest absolute Gasteiger partial charge is 0.333 e. The molecule has 24 saturated carbocycles. The van der Waals surface area contributed by atoms with Gasteiger partial charge in [0.05, 0.1) is 0 Å². The molecule has 0 spiro atoms. The number of hydrogen-bond donors (Lipinski definition) is 0. The fourth-order valence-electron chi connectivity index (χ4n) is 37.3. The van der Waals surface area contributed by atoms with Gasteiger partial charge in [-0.1, -0.05) is 233 Å². The van der Waals surface area contributed by atoms with Crippen molar-refractivity contribution in [1.82, 2.24) is 0 Å². The van der Waals surface area contributed by atoms with Gasteiger partial charge in [0.15, 0.2) is 0 Å². The van der Waals surface area contributed by atoms with Crippen molar-refractivity contribution in [2.75, 3.05) is 0 Å². The second kappa shape index (κ2) is 43.8. The second-order valence-corrected chi connectivity index (χ2v) is 53.6. The highest BCUT2D eigenvalue weighted by molar-refractivity contribution is 5.88. The van der Waals surface area contributed by atoms with Crippen LogP contribution < -0.4 is 0 Å². The average molecular weight is 1870 g/mol. The lowest BCUT2D eigenvalue weighted by atomic mass is 9.43. The quantitative estimate of drug-likeness (QED) is 0.0249. The Labute approximate surface area is 824 Å². The van der Waals surface area contributed by atoms with Crippen LogP contribution in [-0.4, -0.2) is 69.4 Å². The van der Waals surface area contributed by atoms with Gasteiger partial charge in [0, 0.05) is 58.6 Å². The normalized spacial score (nSPS) is 42.2. The molecule has 0 N–H and O–H groups in total. The van der Waals surface area contributed by atoms with Gasteiger partial charge in [-0.3, -0.25) is 0 Å². The Morgan fingerprint density at radius 1 is 0.267 bits per heavy atom. The molecular formula is C123H198O12. The van der Waals surface area contributed by atoms with E-state index in [2.05, 4.69) is 143 Å². The molecule has 762 valence electrons. The second-order valence-electron chi connectivity index (χ2n) is 53.6. The SMILES string of the molecule is C=C(C)C(=O)OC1(C(C)CCCC)C2CC3CC1CC(C)(C3)C2.C=C(C)C(=O)OC1(CCCCCC)C2CC3CC1CC(C)(C3)C2.C=C(C)C(=O)OC1(CCCCCCC)C2CC3CC1CC(C)(C3)C2.C=CC(=O)OC1(C(C)CCCC)C2CC3CC1CC(C)(C3)C2.C=CC(=O)OC1(CCC(C)C)C2CC3CC1CC(C)(C3)C2.C=CC(=O)OC1(CCCCCC)C2CC3CC1CC(C)(C3)C2. The predicted molar refractivity (Wildman–Crippen MR) is 550 cm³/mol. The number of unbranched alkanes of at least 4 members (excludes halogenated alkanes) is 12. The monoisotopic (exact) mass is 1870 g/mol. The van der Waals surface area contributed by atoms with Gasteiger partial charge in [-0.2, -0.15) is 0 Å². The lowest BCUT2D eigenvalue weighted by Crippen LogP contribution is -2.64. The first kappa shape index (κ1) is 108. The first-order valence-electron chi connectivity index (χ1n) is 57.1. The number of carbonyl (C=O) groups excluding carboxylic acids is 6. The van der Waals surface area contributed by atoms with Gasteiger partial charge in [-0.05, 0) is 411 Å². The Bertz CT molecular complexity index is 4030. The minimum atomic E-state index is -0.221. The van der Waals surface area contributed by atoms with Crippen LogP contribution in [0.1, 0.15) is 471 Å². The third-order valence-corrected chi connectivity index (χ3v) is 41.4. The molecule has 14 atom stereocenters. The molecular weight excluding hydrogens is 1670 g/mol. The third kappa shape index (κ3) is 23.1. The van der Waals surface area contributed by atoms with Crippen LogP contribution in [0.15, 0.2) is 74.4 Å². The Hall–Kier alpha value is -4.74. The van der Waals surface area contributed by atoms with Crippen LogP contribution in [0.3, 0.4) is 0 Å². The summed E-state index contributed by atoms with van der Waals surface area (Å²) in [6.45, 7) is 63.0. The summed E-state index contributed by atoms with van der Waals surface area (Å²) in [7, 11) is 0. The van der Waals surface area contributed by atoms with Gasteiger partial charge in [-0.25, -0.2) is 28.8 Å². The largest absolute Gasteiger partial charge is 0.455 e. The predicted octanol–water partition coefficient (Wildman–Crippen LogP) is 32.4. The summed E-state index contributed by atoms with van der Waals surface area (Å²) in [4.78, 5) is 73.5. The van der Waals surface area contributed by atoms with Crippen LogP contribution >= 0.6 is 0 Å². The van der Waals surface area contributed by atoms with Gasteiger partial charge in [0.25, 0.3) is 0 Å². The molecule has 12 nitrogen and oxygen atoms in total. The van der Waals surface area contributed by atoms with Crippen LogP contribution in [0, 0.1) is 157 Å². The van der Waals surface area contributed by atoms with E-state index in [4.69, 9.17) is 28.4 Å². The maximum atomic E-state index is 12.5. The molecule has 135 heavy (non-hydrogen) atoms. The summed E-state index contributed by atoms with van der Waals surface area (Å²) in [5.74, 6) is 12.7. The zero-order valence-corrected chi connectivity index (χ0v) is 89.7. The fraction of sp³-hybridized carbons (Fsp3) is 0.854. The number of hydrogen-bond acceptors (Lipinski definition) is 12. The van der Waals surface area contributed by atoms with E-state index < -0.39 is 0 Å². The Balaban J connectivity index is 0.000000137. The zero-order valence-electron chi connectivity index (χ0n) is 89.7. The van der Waals surface area contributed by atoms with Crippen molar-refractivity contribution in [2.24, 2.45) is 157 Å². The van der Waals surface area contributed by atoms with Gasteiger partial charge in [-0.15, -0.1) is 0 Å². The van der Waals surface area contributed by atoms with E-state index in [0.29, 0.717) is 138 Å². The lowest BCUT2D eigenvalue weighted by Gasteiger charge is -2.65. The Morgan fingerprint density at radius 2 is 0.474 bits per heavy atom. The van der Waals surface area contributed by atoms with E-state index in [0.717, 1.165) is 67.6 Å². The molecule has 0 radical (unpaired) electrons. The van der Waals surface area contributed by atoms with Crippen molar-refractivity contribution in [2.45, 2.75) is 505 Å². The standard InChI is InChI=1S/C22H36O2.2C21H34O2.2C20H32O2.C19H30O2/c1-5-6-7-8-9-10-22(24-20(23)16(2)3)18-11-17-12-19(22)15-21(4,13-17)14-18;1-6-7-8-15(4)21(23-19(22)14(2)3)17-9-16-10-18(21)13-20(5,11-16)12-17;1-5-6-7-8-9-21(23-19(22)15(2)3)17-10-16-11-18(21)14-20(4,12-16)13-17;1-5-7-8-14(3)20(22-18(21)6-2)16-9-15-10-17(20)13-19(4,11-15)12-16;1-4-6-7-8-9-20(22-18(21)5-2)16-10-15-11-17(20)14-19(3,12-15)13-16;1-5-17(20)21-19(7-6-13(2)3)15-8-14-9-16(19)12-18(4,10-14)11-15/h17-19H,2,5-15H2,1,3-4H3;15-18H,2,6-13H2,1,3-5H3;16-18H,2,5-14H2,1,3-4H3;6,14-17H,2,5,7-13H2,1,3-4H3;5,15-17H,2,4,6-14H2,1,3H3;5,13-16H,1,6-12H2,2-4H3. The van der Waals surface area contributed by atoms with Crippen molar-refractivity contribution in [3.05, 3.63) is 74.4 Å². The third-order valence-electron chi connectivity index (χ3n) is 41.4. The van der Waals surface area contributed by atoms with Crippen LogP contribution in [-0.2, 0) is 57.2 Å². The summed E-state index contributed by atoms with van der Waals surface area (Å²) in [6.07, 6.45) is 72.0. The van der Waals surface area contributed by atoms with Gasteiger partial charge < -0.3 is 28.4 Å².